The van der Waals surface area contributed by atoms with Gasteiger partial charge in [0.15, 0.2) is 0 Å². The summed E-state index contributed by atoms with van der Waals surface area (Å²) in [5.74, 6) is 0.508. The average Bonchev–Trinajstić information content (AvgIpc) is 2.94. The number of aliphatic hydroxyl groups excluding tert-OH is 1. The van der Waals surface area contributed by atoms with Crippen molar-refractivity contribution in [2.45, 2.75) is 25.5 Å². The van der Waals surface area contributed by atoms with E-state index in [1.54, 1.807) is 7.11 Å². The Morgan fingerprint density at radius 1 is 1.64 bits per heavy atom. The fourth-order valence-corrected chi connectivity index (χ4v) is 1.65. The van der Waals surface area contributed by atoms with Gasteiger partial charge in [-0.2, -0.15) is 0 Å². The molecule has 1 aliphatic carbocycles. The van der Waals surface area contributed by atoms with Gasteiger partial charge in [0.2, 0.25) is 0 Å². The summed E-state index contributed by atoms with van der Waals surface area (Å²) in [7, 11) is 1.70. The van der Waals surface area contributed by atoms with E-state index < -0.39 is 0 Å². The molecule has 0 saturated heterocycles. The van der Waals surface area contributed by atoms with Crippen molar-refractivity contribution in [2.75, 3.05) is 13.7 Å². The van der Waals surface area contributed by atoms with Crippen molar-refractivity contribution in [1.29, 1.82) is 0 Å². The Hall–Kier alpha value is -0.800. The highest BCUT2D eigenvalue weighted by atomic mass is 16.5. The standard InChI is InChI=1S/C11H17NO2/c1-14-7-6-12-5-4-10(8-12)11(13)9-2-3-9/h4-5,8-9,11,13H,2-3,6-7H2,1H3. The van der Waals surface area contributed by atoms with Crippen LogP contribution in [0.4, 0.5) is 0 Å². The lowest BCUT2D eigenvalue weighted by atomic mass is 10.1. The second-order valence-electron chi connectivity index (χ2n) is 3.96. The number of aliphatic hydroxyl groups is 1. The van der Waals surface area contributed by atoms with E-state index in [0.717, 1.165) is 12.1 Å². The van der Waals surface area contributed by atoms with E-state index in [4.69, 9.17) is 4.74 Å². The molecule has 0 radical (unpaired) electrons. The topological polar surface area (TPSA) is 34.4 Å². The van der Waals surface area contributed by atoms with E-state index in [1.165, 1.54) is 12.8 Å². The highest BCUT2D eigenvalue weighted by molar-refractivity contribution is 5.16. The number of rotatable bonds is 5. The Labute approximate surface area is 84.3 Å². The van der Waals surface area contributed by atoms with Gasteiger partial charge < -0.3 is 14.4 Å². The summed E-state index contributed by atoms with van der Waals surface area (Å²) in [6.45, 7) is 1.57. The molecule has 78 valence electrons. The normalized spacial score (nSPS) is 18.4. The molecule has 3 nitrogen and oxygen atoms in total. The minimum Gasteiger partial charge on any atom is -0.388 e. The van der Waals surface area contributed by atoms with Gasteiger partial charge in [-0.05, 0) is 30.4 Å². The molecule has 1 aliphatic rings. The molecule has 3 heteroatoms. The molecule has 0 amide bonds. The maximum absolute atomic E-state index is 9.85. The third-order valence-electron chi connectivity index (χ3n) is 2.74. The second kappa shape index (κ2) is 4.15. The molecule has 1 saturated carbocycles. The van der Waals surface area contributed by atoms with Crippen LogP contribution in [0.2, 0.25) is 0 Å². The summed E-state index contributed by atoms with van der Waals surface area (Å²) in [5, 5.41) is 9.85. The second-order valence-corrected chi connectivity index (χ2v) is 3.96. The van der Waals surface area contributed by atoms with Crippen molar-refractivity contribution in [2.24, 2.45) is 5.92 Å². The van der Waals surface area contributed by atoms with Crippen molar-refractivity contribution in [3.05, 3.63) is 24.0 Å². The van der Waals surface area contributed by atoms with E-state index in [-0.39, 0.29) is 6.10 Å². The number of hydrogen-bond donors (Lipinski definition) is 1. The molecular formula is C11H17NO2. The van der Waals surface area contributed by atoms with Gasteiger partial charge in [0.25, 0.3) is 0 Å². The van der Waals surface area contributed by atoms with Gasteiger partial charge in [-0.3, -0.25) is 0 Å². The Morgan fingerprint density at radius 3 is 3.07 bits per heavy atom. The van der Waals surface area contributed by atoms with E-state index >= 15 is 0 Å². The Bertz CT molecular complexity index is 291. The molecule has 1 unspecified atom stereocenters. The summed E-state index contributed by atoms with van der Waals surface area (Å²) >= 11 is 0. The monoisotopic (exact) mass is 195 g/mol. The maximum atomic E-state index is 9.85. The molecular weight excluding hydrogens is 178 g/mol. The lowest BCUT2D eigenvalue weighted by Crippen LogP contribution is -2.02. The van der Waals surface area contributed by atoms with Crippen LogP contribution in [0.25, 0.3) is 0 Å². The van der Waals surface area contributed by atoms with Crippen molar-refractivity contribution < 1.29 is 9.84 Å². The van der Waals surface area contributed by atoms with Gasteiger partial charge >= 0.3 is 0 Å². The smallest absolute Gasteiger partial charge is 0.0832 e. The van der Waals surface area contributed by atoms with Crippen LogP contribution >= 0.6 is 0 Å². The summed E-state index contributed by atoms with van der Waals surface area (Å²) in [6.07, 6.45) is 6.11. The Kier molecular flexibility index (Phi) is 2.89. The zero-order valence-corrected chi connectivity index (χ0v) is 8.52. The molecule has 1 atom stereocenters. The van der Waals surface area contributed by atoms with Crippen LogP contribution in [0.15, 0.2) is 18.5 Å². The van der Waals surface area contributed by atoms with Gasteiger partial charge in [-0.1, -0.05) is 0 Å². The van der Waals surface area contributed by atoms with Crippen molar-refractivity contribution in [1.82, 2.24) is 4.57 Å². The molecule has 1 fully saturated rings. The molecule has 0 aliphatic heterocycles. The lowest BCUT2D eigenvalue weighted by Gasteiger charge is -2.06. The van der Waals surface area contributed by atoms with Crippen LogP contribution in [0.5, 0.6) is 0 Å². The van der Waals surface area contributed by atoms with E-state index in [1.807, 2.05) is 18.5 Å². The van der Waals surface area contributed by atoms with E-state index in [0.29, 0.717) is 12.5 Å². The third kappa shape index (κ3) is 2.16. The number of nitrogens with zero attached hydrogens (tertiary/aromatic N) is 1. The van der Waals surface area contributed by atoms with Crippen molar-refractivity contribution in [3.63, 3.8) is 0 Å². The molecule has 0 aromatic carbocycles. The number of aromatic nitrogens is 1. The van der Waals surface area contributed by atoms with E-state index in [2.05, 4.69) is 4.57 Å². The lowest BCUT2D eigenvalue weighted by molar-refractivity contribution is 0.153. The minimum atomic E-state index is -0.251. The molecule has 0 spiro atoms. The molecule has 1 N–H and O–H groups in total. The van der Waals surface area contributed by atoms with Crippen LogP contribution in [-0.4, -0.2) is 23.4 Å². The van der Waals surface area contributed by atoms with Gasteiger partial charge in [0, 0.05) is 26.0 Å². The Morgan fingerprint density at radius 2 is 2.43 bits per heavy atom. The van der Waals surface area contributed by atoms with E-state index in [9.17, 15) is 5.11 Å². The van der Waals surface area contributed by atoms with Crippen LogP contribution < -0.4 is 0 Å². The highest BCUT2D eigenvalue weighted by Crippen LogP contribution is 2.40. The largest absolute Gasteiger partial charge is 0.388 e. The first kappa shape index (κ1) is 9.74. The number of ether oxygens (including phenoxy) is 1. The zero-order chi connectivity index (χ0) is 9.97. The van der Waals surface area contributed by atoms with Crippen LogP contribution in [0.3, 0.4) is 0 Å². The third-order valence-corrected chi connectivity index (χ3v) is 2.74. The summed E-state index contributed by atoms with van der Waals surface area (Å²) < 4.78 is 7.05. The molecule has 1 aromatic rings. The first-order chi connectivity index (χ1) is 6.81. The van der Waals surface area contributed by atoms with Crippen LogP contribution in [0, 0.1) is 5.92 Å². The maximum Gasteiger partial charge on any atom is 0.0832 e. The summed E-state index contributed by atoms with van der Waals surface area (Å²) in [5.41, 5.74) is 1.05. The predicted molar refractivity (Wildman–Crippen MR) is 54.0 cm³/mol. The van der Waals surface area contributed by atoms with Gasteiger partial charge in [-0.25, -0.2) is 0 Å². The van der Waals surface area contributed by atoms with Crippen LogP contribution in [0.1, 0.15) is 24.5 Å². The number of methoxy groups -OCH3 is 1. The molecule has 0 bridgehead atoms. The minimum absolute atomic E-state index is 0.251. The molecule has 1 heterocycles. The highest BCUT2D eigenvalue weighted by Gasteiger charge is 2.30. The molecule has 1 aromatic heterocycles. The van der Waals surface area contributed by atoms with Crippen molar-refractivity contribution in [3.8, 4) is 0 Å². The Balaban J connectivity index is 1.94. The fraction of sp³-hybridized carbons (Fsp3) is 0.636. The summed E-state index contributed by atoms with van der Waals surface area (Å²) in [4.78, 5) is 0. The quantitative estimate of drug-likeness (QED) is 0.774. The first-order valence-electron chi connectivity index (χ1n) is 5.14. The molecule has 14 heavy (non-hydrogen) atoms. The summed E-state index contributed by atoms with van der Waals surface area (Å²) in [6, 6.07) is 2.00. The van der Waals surface area contributed by atoms with Gasteiger partial charge in [0.1, 0.15) is 0 Å². The van der Waals surface area contributed by atoms with Gasteiger partial charge in [-0.15, -0.1) is 0 Å². The predicted octanol–water partition coefficient (Wildman–Crippen LogP) is 1.58. The molecule has 2 rings (SSSR count). The zero-order valence-electron chi connectivity index (χ0n) is 8.52. The van der Waals surface area contributed by atoms with Crippen molar-refractivity contribution >= 4 is 0 Å². The SMILES string of the molecule is COCCn1ccc(C(O)C2CC2)c1. The van der Waals surface area contributed by atoms with Gasteiger partial charge in [0.05, 0.1) is 12.7 Å². The average molecular weight is 195 g/mol. The fourth-order valence-electron chi connectivity index (χ4n) is 1.65. The van der Waals surface area contributed by atoms with Crippen LogP contribution in [-0.2, 0) is 11.3 Å². The number of hydrogen-bond acceptors (Lipinski definition) is 2. The first-order valence-corrected chi connectivity index (χ1v) is 5.14.